The summed E-state index contributed by atoms with van der Waals surface area (Å²) in [5, 5.41) is 7.37. The Balaban J connectivity index is 1.89. The van der Waals surface area contributed by atoms with E-state index in [1.165, 1.54) is 0 Å². The molecule has 0 fully saturated rings. The molecule has 0 unspecified atom stereocenters. The van der Waals surface area contributed by atoms with Crippen molar-refractivity contribution >= 4 is 5.69 Å². The highest BCUT2D eigenvalue weighted by Crippen LogP contribution is 2.21. The minimum absolute atomic E-state index is 0.646. The maximum atomic E-state index is 5.18. The minimum Gasteiger partial charge on any atom is -0.378 e. The van der Waals surface area contributed by atoms with Crippen molar-refractivity contribution in [1.29, 1.82) is 0 Å². The normalized spacial score (nSPS) is 10.8. The lowest BCUT2D eigenvalue weighted by molar-refractivity contribution is 0.392. The zero-order chi connectivity index (χ0) is 14.8. The van der Waals surface area contributed by atoms with Crippen LogP contribution < -0.4 is 5.32 Å². The molecule has 0 atom stereocenters. The number of hydrogen-bond donors (Lipinski definition) is 1. The van der Waals surface area contributed by atoms with Crippen LogP contribution in [-0.4, -0.2) is 19.7 Å². The van der Waals surface area contributed by atoms with Crippen molar-refractivity contribution in [2.24, 2.45) is 0 Å². The summed E-state index contributed by atoms with van der Waals surface area (Å²) in [5.74, 6) is 2.57. The third kappa shape index (κ3) is 2.52. The predicted molar refractivity (Wildman–Crippen MR) is 79.4 cm³/mol. The van der Waals surface area contributed by atoms with Gasteiger partial charge in [0.05, 0.1) is 11.4 Å². The van der Waals surface area contributed by atoms with Crippen LogP contribution in [0, 0.1) is 20.8 Å². The summed E-state index contributed by atoms with van der Waals surface area (Å²) in [5.41, 5.74) is 2.93. The first-order valence-corrected chi connectivity index (χ1v) is 6.78. The first-order valence-electron chi connectivity index (χ1n) is 6.78. The molecule has 21 heavy (non-hydrogen) atoms. The fourth-order valence-corrected chi connectivity index (χ4v) is 2.27. The van der Waals surface area contributed by atoms with Gasteiger partial charge in [-0.15, -0.1) is 0 Å². The SMILES string of the molecule is Cc1noc(C)c1CNc1cccnc1-n1ccnc1C. The first-order chi connectivity index (χ1) is 10.2. The van der Waals surface area contributed by atoms with Gasteiger partial charge in [-0.2, -0.15) is 0 Å². The van der Waals surface area contributed by atoms with E-state index in [2.05, 4.69) is 20.4 Å². The lowest BCUT2D eigenvalue weighted by Gasteiger charge is -2.12. The Bertz CT molecular complexity index is 740. The van der Waals surface area contributed by atoms with Crippen LogP contribution in [0.1, 0.15) is 22.8 Å². The van der Waals surface area contributed by atoms with E-state index in [1.54, 1.807) is 12.4 Å². The molecular weight excluding hydrogens is 266 g/mol. The molecule has 108 valence electrons. The summed E-state index contributed by atoms with van der Waals surface area (Å²) >= 11 is 0. The molecule has 0 aromatic carbocycles. The molecule has 0 amide bonds. The van der Waals surface area contributed by atoms with Gasteiger partial charge in [0.25, 0.3) is 0 Å². The highest BCUT2D eigenvalue weighted by Gasteiger charge is 2.11. The maximum Gasteiger partial charge on any atom is 0.161 e. The van der Waals surface area contributed by atoms with Gasteiger partial charge in [0, 0.05) is 30.7 Å². The predicted octanol–water partition coefficient (Wildman–Crippen LogP) is 2.79. The van der Waals surface area contributed by atoms with Crippen LogP contribution in [0.25, 0.3) is 5.82 Å². The summed E-state index contributed by atoms with van der Waals surface area (Å²) in [6, 6.07) is 3.91. The molecule has 3 aromatic heterocycles. The molecular formula is C15H17N5O. The molecule has 3 rings (SSSR count). The molecule has 1 N–H and O–H groups in total. The van der Waals surface area contributed by atoms with Crippen LogP contribution in [-0.2, 0) is 6.54 Å². The molecule has 3 aromatic rings. The minimum atomic E-state index is 0.646. The van der Waals surface area contributed by atoms with E-state index in [0.29, 0.717) is 6.54 Å². The van der Waals surface area contributed by atoms with Gasteiger partial charge in [-0.25, -0.2) is 9.97 Å². The van der Waals surface area contributed by atoms with E-state index in [9.17, 15) is 0 Å². The van der Waals surface area contributed by atoms with Crippen molar-refractivity contribution < 1.29 is 4.52 Å². The van der Waals surface area contributed by atoms with E-state index in [1.807, 2.05) is 43.7 Å². The topological polar surface area (TPSA) is 68.8 Å². The summed E-state index contributed by atoms with van der Waals surface area (Å²) in [6.45, 7) is 6.46. The zero-order valence-corrected chi connectivity index (χ0v) is 12.3. The zero-order valence-electron chi connectivity index (χ0n) is 12.3. The summed E-state index contributed by atoms with van der Waals surface area (Å²) in [7, 11) is 0. The summed E-state index contributed by atoms with van der Waals surface area (Å²) in [6.07, 6.45) is 5.44. The van der Waals surface area contributed by atoms with Crippen molar-refractivity contribution in [2.75, 3.05) is 5.32 Å². The average Bonchev–Trinajstić information content (AvgIpc) is 3.04. The van der Waals surface area contributed by atoms with Crippen molar-refractivity contribution in [2.45, 2.75) is 27.3 Å². The second-order valence-electron chi connectivity index (χ2n) is 4.88. The summed E-state index contributed by atoms with van der Waals surface area (Å²) in [4.78, 5) is 8.69. The molecule has 0 radical (unpaired) electrons. The third-order valence-corrected chi connectivity index (χ3v) is 3.48. The van der Waals surface area contributed by atoms with Gasteiger partial charge in [0.2, 0.25) is 0 Å². The van der Waals surface area contributed by atoms with Crippen molar-refractivity contribution in [3.05, 3.63) is 53.6 Å². The monoisotopic (exact) mass is 283 g/mol. The van der Waals surface area contributed by atoms with E-state index in [0.717, 1.165) is 34.3 Å². The average molecular weight is 283 g/mol. The molecule has 0 aliphatic carbocycles. The second kappa shape index (κ2) is 5.40. The number of pyridine rings is 1. The number of nitrogens with one attached hydrogen (secondary N) is 1. The lowest BCUT2D eigenvalue weighted by atomic mass is 10.2. The first kappa shape index (κ1) is 13.4. The molecule has 3 heterocycles. The Labute approximate surface area is 122 Å². The molecule has 6 heteroatoms. The standard InChI is InChI=1S/C15H17N5O/c1-10-13(11(2)21-19-10)9-18-14-5-4-6-17-15(14)20-8-7-16-12(20)3/h4-8,18H,9H2,1-3H3. The van der Waals surface area contributed by atoms with Crippen molar-refractivity contribution in [3.63, 3.8) is 0 Å². The molecule has 0 bridgehead atoms. The van der Waals surface area contributed by atoms with E-state index < -0.39 is 0 Å². The van der Waals surface area contributed by atoms with E-state index in [-0.39, 0.29) is 0 Å². The largest absolute Gasteiger partial charge is 0.378 e. The van der Waals surface area contributed by atoms with Crippen LogP contribution in [0.15, 0.2) is 35.2 Å². The number of aromatic nitrogens is 4. The van der Waals surface area contributed by atoms with E-state index >= 15 is 0 Å². The number of imidazole rings is 1. The van der Waals surface area contributed by atoms with Crippen molar-refractivity contribution in [3.8, 4) is 5.82 Å². The van der Waals surface area contributed by atoms with Gasteiger partial charge in [-0.3, -0.25) is 4.57 Å². The maximum absolute atomic E-state index is 5.18. The molecule has 0 aliphatic heterocycles. The quantitative estimate of drug-likeness (QED) is 0.797. The summed E-state index contributed by atoms with van der Waals surface area (Å²) < 4.78 is 7.14. The number of anilines is 1. The van der Waals surface area contributed by atoms with Gasteiger partial charge in [0.1, 0.15) is 11.6 Å². The number of hydrogen-bond acceptors (Lipinski definition) is 5. The van der Waals surface area contributed by atoms with Crippen LogP contribution in [0.2, 0.25) is 0 Å². The number of rotatable bonds is 4. The number of aryl methyl sites for hydroxylation is 3. The fourth-order valence-electron chi connectivity index (χ4n) is 2.27. The smallest absolute Gasteiger partial charge is 0.161 e. The highest BCUT2D eigenvalue weighted by atomic mass is 16.5. The van der Waals surface area contributed by atoms with E-state index in [4.69, 9.17) is 4.52 Å². The van der Waals surface area contributed by atoms with Gasteiger partial charge >= 0.3 is 0 Å². The Morgan fingerprint density at radius 2 is 2.05 bits per heavy atom. The molecule has 0 aliphatic rings. The lowest BCUT2D eigenvalue weighted by Crippen LogP contribution is -2.07. The van der Waals surface area contributed by atoms with Crippen molar-refractivity contribution in [1.82, 2.24) is 19.7 Å². The van der Waals surface area contributed by atoms with Crippen LogP contribution in [0.3, 0.4) is 0 Å². The highest BCUT2D eigenvalue weighted by molar-refractivity contribution is 5.57. The molecule has 0 saturated heterocycles. The molecule has 6 nitrogen and oxygen atoms in total. The Morgan fingerprint density at radius 3 is 2.71 bits per heavy atom. The molecule has 0 spiro atoms. The van der Waals surface area contributed by atoms with Crippen LogP contribution in [0.5, 0.6) is 0 Å². The second-order valence-corrected chi connectivity index (χ2v) is 4.88. The van der Waals surface area contributed by atoms with Gasteiger partial charge in [0.15, 0.2) is 5.82 Å². The third-order valence-electron chi connectivity index (χ3n) is 3.48. The van der Waals surface area contributed by atoms with Gasteiger partial charge in [-0.05, 0) is 32.9 Å². The van der Waals surface area contributed by atoms with Crippen LogP contribution in [0.4, 0.5) is 5.69 Å². The Kier molecular flexibility index (Phi) is 3.43. The molecule has 0 saturated carbocycles. The Morgan fingerprint density at radius 1 is 1.19 bits per heavy atom. The fraction of sp³-hybridized carbons (Fsp3) is 0.267. The van der Waals surface area contributed by atoms with Crippen LogP contribution >= 0.6 is 0 Å². The van der Waals surface area contributed by atoms with Gasteiger partial charge in [-0.1, -0.05) is 5.16 Å². The van der Waals surface area contributed by atoms with Gasteiger partial charge < -0.3 is 9.84 Å². The number of nitrogens with zero attached hydrogens (tertiary/aromatic N) is 4. The Hall–Kier alpha value is -2.63.